The van der Waals surface area contributed by atoms with Gasteiger partial charge in [-0.2, -0.15) is 0 Å². The van der Waals surface area contributed by atoms with Gasteiger partial charge in [0, 0.05) is 44.1 Å². The normalized spacial score (nSPS) is 23.6. The van der Waals surface area contributed by atoms with Crippen molar-refractivity contribution in [3.05, 3.63) is 35.9 Å². The van der Waals surface area contributed by atoms with Gasteiger partial charge < -0.3 is 64.6 Å². The van der Waals surface area contributed by atoms with Gasteiger partial charge in [0.15, 0.2) is 11.6 Å². The first-order valence-corrected chi connectivity index (χ1v) is 27.3. The van der Waals surface area contributed by atoms with Gasteiger partial charge in [0.2, 0.25) is 41.4 Å². The Morgan fingerprint density at radius 2 is 1.21 bits per heavy atom. The lowest BCUT2D eigenvalue weighted by Gasteiger charge is -2.28. The predicted molar refractivity (Wildman–Crippen MR) is 286 cm³/mol. The highest BCUT2D eigenvalue weighted by atomic mass is 16.3. The lowest BCUT2D eigenvalue weighted by molar-refractivity contribution is -0.137. The Morgan fingerprint density at radius 1 is 0.671 bits per heavy atom. The molecule has 0 radical (unpaired) electrons. The number of hydrogen-bond donors (Lipinski definition) is 12. The minimum atomic E-state index is -1.61. The van der Waals surface area contributed by atoms with Crippen molar-refractivity contribution in [2.45, 2.75) is 193 Å². The highest BCUT2D eigenvalue weighted by molar-refractivity contribution is 5.98. The van der Waals surface area contributed by atoms with Crippen LogP contribution in [0.25, 0.3) is 0 Å². The second-order valence-electron chi connectivity index (χ2n) is 20.6. The number of amides is 7. The molecule has 15 N–H and O–H groups in total. The molecule has 1 heterocycles. The van der Waals surface area contributed by atoms with Crippen molar-refractivity contribution >= 4 is 58.7 Å². The molecule has 22 heteroatoms. The third kappa shape index (κ3) is 23.7. The van der Waals surface area contributed by atoms with E-state index in [4.69, 9.17) is 17.2 Å². The van der Waals surface area contributed by atoms with Crippen LogP contribution >= 0.6 is 0 Å². The fourth-order valence-corrected chi connectivity index (χ4v) is 9.01. The number of Topliss-reactive ketones (excluding diaryl/α,β-unsaturated/α-hetero) is 3. The number of nitrogens with one attached hydrogen (secondary N) is 7. The predicted octanol–water partition coefficient (Wildman–Crippen LogP) is 0.00860. The molecular weight excluding hydrogens is 981 g/mol. The highest BCUT2D eigenvalue weighted by Crippen LogP contribution is 2.20. The lowest BCUT2D eigenvalue weighted by atomic mass is 9.89. The molecule has 1 aromatic carbocycles. The van der Waals surface area contributed by atoms with Crippen LogP contribution in [0.4, 0.5) is 0 Å². The van der Waals surface area contributed by atoms with E-state index in [1.165, 1.54) is 13.8 Å². The van der Waals surface area contributed by atoms with E-state index >= 15 is 0 Å². The van der Waals surface area contributed by atoms with Crippen LogP contribution in [0.1, 0.15) is 143 Å². The molecule has 1 saturated heterocycles. The van der Waals surface area contributed by atoms with Gasteiger partial charge in [0.1, 0.15) is 30.0 Å². The fraction of sp³-hybridized carbons (Fsp3) is 0.704. The summed E-state index contributed by atoms with van der Waals surface area (Å²) in [6.07, 6.45) is 0.528. The van der Waals surface area contributed by atoms with E-state index in [0.29, 0.717) is 12.0 Å². The number of unbranched alkanes of at least 4 members (excludes halogenated alkanes) is 4. The van der Waals surface area contributed by atoms with Crippen LogP contribution in [-0.2, 0) is 54.4 Å². The average Bonchev–Trinajstić information content (AvgIpc) is 3.36. The molecule has 0 spiro atoms. The van der Waals surface area contributed by atoms with Gasteiger partial charge in [-0.05, 0) is 96.3 Å². The van der Waals surface area contributed by atoms with E-state index < -0.39 is 132 Å². The summed E-state index contributed by atoms with van der Waals surface area (Å²) in [6.45, 7) is 9.40. The maximum atomic E-state index is 14.5. The SMILES string of the molecule is CCCCCCCC(=O)C[C@H](C(=O)N[C@@H](CC)C(=O)C[C@H]1CCNC(=O)[C@H]([C@@H](C)O)NC(=O)[C@H](CCN)NC(=O)[C@H](CCN)NC(=O)[C@H](CC(C)C)NC(=O)[C@@H](Cc2ccccc2)CC(=O)[C@H](CCN)NC1=O)[C@@H](C)O. The van der Waals surface area contributed by atoms with Crippen molar-refractivity contribution in [2.75, 3.05) is 26.2 Å². The number of benzene rings is 1. The monoisotopic (exact) mass is 1070 g/mol. The van der Waals surface area contributed by atoms with Gasteiger partial charge in [-0.25, -0.2) is 0 Å². The molecular formula is C54H90N10O12. The number of carbonyl (C=O) groups is 10. The van der Waals surface area contributed by atoms with Crippen molar-refractivity contribution in [1.29, 1.82) is 0 Å². The Morgan fingerprint density at radius 3 is 1.76 bits per heavy atom. The molecule has 0 unspecified atom stereocenters. The van der Waals surface area contributed by atoms with Crippen LogP contribution in [0.15, 0.2) is 30.3 Å². The maximum Gasteiger partial charge on any atom is 0.245 e. The molecule has 428 valence electrons. The minimum Gasteiger partial charge on any atom is -0.393 e. The summed E-state index contributed by atoms with van der Waals surface area (Å²) in [7, 11) is 0. The quantitative estimate of drug-likeness (QED) is 0.0544. The van der Waals surface area contributed by atoms with E-state index in [1.807, 2.05) is 13.8 Å². The number of rotatable bonds is 26. The Balaban J connectivity index is 2.67. The van der Waals surface area contributed by atoms with Crippen LogP contribution in [0.2, 0.25) is 0 Å². The lowest BCUT2D eigenvalue weighted by Crippen LogP contribution is -2.60. The molecule has 1 aliphatic rings. The molecule has 0 aromatic heterocycles. The largest absolute Gasteiger partial charge is 0.393 e. The fourth-order valence-electron chi connectivity index (χ4n) is 9.01. The van der Waals surface area contributed by atoms with E-state index in [-0.39, 0.29) is 95.7 Å². The summed E-state index contributed by atoms with van der Waals surface area (Å²) < 4.78 is 0. The molecule has 1 aromatic rings. The third-order valence-corrected chi connectivity index (χ3v) is 13.5. The molecule has 0 saturated carbocycles. The summed E-state index contributed by atoms with van der Waals surface area (Å²) in [5, 5.41) is 39.8. The number of nitrogens with two attached hydrogens (primary N) is 3. The Bertz CT molecular complexity index is 2040. The summed E-state index contributed by atoms with van der Waals surface area (Å²) >= 11 is 0. The Hall–Kier alpha value is -5.68. The van der Waals surface area contributed by atoms with Gasteiger partial charge in [-0.1, -0.05) is 83.7 Å². The van der Waals surface area contributed by atoms with Gasteiger partial charge in [-0.15, -0.1) is 0 Å². The van der Waals surface area contributed by atoms with Crippen molar-refractivity contribution in [2.24, 2.45) is 40.9 Å². The van der Waals surface area contributed by atoms with Crippen molar-refractivity contribution < 1.29 is 58.2 Å². The van der Waals surface area contributed by atoms with Gasteiger partial charge in [0.25, 0.3) is 0 Å². The highest BCUT2D eigenvalue weighted by Gasteiger charge is 2.37. The first-order chi connectivity index (χ1) is 36.1. The number of ketones is 3. The molecule has 0 aliphatic carbocycles. The summed E-state index contributed by atoms with van der Waals surface area (Å²) in [6, 6.07) is 0.890. The second kappa shape index (κ2) is 35.6. The standard InChI is InChI=1S/C54H90N10O12/c1-7-9-10-11-15-18-38(67)31-39(33(5)65)50(72)59-40(8-2)45(68)29-36-22-26-58-54(76)47(34(6)66)64-52(74)43(21-25-57)61-51(73)42(20-24-56)62-53(75)44(27-32(3)4)63-49(71)37(28-35-16-13-12-14-17-35)30-46(69)41(19-23-55)60-48(36)70/h12-14,16-17,32-34,36-37,39-44,47,65-66H,7-11,15,18-31,55-57H2,1-6H3,(H,58,76)(H,59,72)(H,60,70)(H,61,73)(H,62,75)(H,63,71)(H,64,74)/t33-,34-,36-,37+,39+,40+,41+,42+,43+,44+,47+/m1/s1. The van der Waals surface area contributed by atoms with Crippen LogP contribution in [0.5, 0.6) is 0 Å². The van der Waals surface area contributed by atoms with Gasteiger partial charge in [-0.3, -0.25) is 47.9 Å². The molecule has 1 aliphatic heterocycles. The Labute approximate surface area is 448 Å². The number of aliphatic hydroxyl groups excluding tert-OH is 2. The maximum absolute atomic E-state index is 14.5. The summed E-state index contributed by atoms with van der Waals surface area (Å²) in [5.74, 6) is -10.6. The summed E-state index contributed by atoms with van der Waals surface area (Å²) in [5.41, 5.74) is 18.4. The zero-order chi connectivity index (χ0) is 56.9. The molecule has 11 atom stereocenters. The smallest absolute Gasteiger partial charge is 0.245 e. The van der Waals surface area contributed by atoms with E-state index in [9.17, 15) is 58.2 Å². The minimum absolute atomic E-state index is 0.0397. The molecule has 22 nitrogen and oxygen atoms in total. The first kappa shape index (κ1) is 66.4. The average molecular weight is 1070 g/mol. The van der Waals surface area contributed by atoms with Crippen LogP contribution in [0.3, 0.4) is 0 Å². The zero-order valence-corrected chi connectivity index (χ0v) is 45.7. The number of hydrogen-bond acceptors (Lipinski definition) is 15. The second-order valence-corrected chi connectivity index (χ2v) is 20.6. The van der Waals surface area contributed by atoms with Gasteiger partial charge >= 0.3 is 0 Å². The molecule has 7 amide bonds. The van der Waals surface area contributed by atoms with Crippen molar-refractivity contribution in [3.63, 3.8) is 0 Å². The number of carbonyl (C=O) groups excluding carboxylic acids is 10. The number of aliphatic hydroxyl groups is 2. The summed E-state index contributed by atoms with van der Waals surface area (Å²) in [4.78, 5) is 139. The van der Waals surface area contributed by atoms with Crippen LogP contribution in [0, 0.1) is 23.7 Å². The van der Waals surface area contributed by atoms with E-state index in [2.05, 4.69) is 44.1 Å². The van der Waals surface area contributed by atoms with Crippen molar-refractivity contribution in [1.82, 2.24) is 37.2 Å². The van der Waals surface area contributed by atoms with E-state index in [1.54, 1.807) is 37.3 Å². The van der Waals surface area contributed by atoms with Crippen LogP contribution in [-0.4, -0.2) is 144 Å². The third-order valence-electron chi connectivity index (χ3n) is 13.5. The molecule has 2 rings (SSSR count). The van der Waals surface area contributed by atoms with Gasteiger partial charge in [0.05, 0.1) is 30.2 Å². The zero-order valence-electron chi connectivity index (χ0n) is 45.7. The first-order valence-electron chi connectivity index (χ1n) is 27.3. The Kier molecular flexibility index (Phi) is 31.1. The van der Waals surface area contributed by atoms with E-state index in [0.717, 1.165) is 25.7 Å². The van der Waals surface area contributed by atoms with Crippen LogP contribution < -0.4 is 54.4 Å². The van der Waals surface area contributed by atoms with Crippen molar-refractivity contribution in [3.8, 4) is 0 Å². The molecule has 0 bridgehead atoms. The molecule has 76 heavy (non-hydrogen) atoms. The molecule has 1 fully saturated rings. The topological polar surface area (TPSA) is 373 Å².